The van der Waals surface area contributed by atoms with E-state index in [4.69, 9.17) is 4.74 Å². The van der Waals surface area contributed by atoms with Gasteiger partial charge in [0, 0.05) is 6.92 Å². The Labute approximate surface area is 88.7 Å². The highest BCUT2D eigenvalue weighted by Crippen LogP contribution is 2.11. The molecule has 0 bridgehead atoms. The largest absolute Gasteiger partial charge is 0.466 e. The molecule has 0 saturated heterocycles. The van der Waals surface area contributed by atoms with E-state index in [1.807, 2.05) is 0 Å². The lowest BCUT2D eigenvalue weighted by atomic mass is 10.0. The summed E-state index contributed by atoms with van der Waals surface area (Å²) in [5, 5.41) is 0. The van der Waals surface area contributed by atoms with Gasteiger partial charge in [0.15, 0.2) is 0 Å². The zero-order valence-electron chi connectivity index (χ0n) is 9.24. The summed E-state index contributed by atoms with van der Waals surface area (Å²) >= 11 is 0. The first-order chi connectivity index (χ1) is 7.01. The summed E-state index contributed by atoms with van der Waals surface area (Å²) in [5.41, 5.74) is 0. The first-order valence-electron chi connectivity index (χ1n) is 4.89. The lowest BCUT2D eigenvalue weighted by molar-refractivity contribution is -0.164. The Morgan fingerprint density at radius 2 is 1.80 bits per heavy atom. The molecule has 0 saturated carbocycles. The van der Waals surface area contributed by atoms with Gasteiger partial charge in [-0.1, -0.05) is 6.92 Å². The second-order valence-electron chi connectivity index (χ2n) is 3.03. The average molecular weight is 216 g/mol. The van der Waals surface area contributed by atoms with E-state index in [-0.39, 0.29) is 13.0 Å². The van der Waals surface area contributed by atoms with Crippen LogP contribution >= 0.6 is 0 Å². The van der Waals surface area contributed by atoms with Crippen molar-refractivity contribution >= 4 is 17.9 Å². The zero-order valence-corrected chi connectivity index (χ0v) is 9.24. The van der Waals surface area contributed by atoms with Gasteiger partial charge in [0.1, 0.15) is 0 Å². The van der Waals surface area contributed by atoms with E-state index in [1.54, 1.807) is 13.8 Å². The molecule has 5 heteroatoms. The lowest BCUT2D eigenvalue weighted by Gasteiger charge is -2.11. The van der Waals surface area contributed by atoms with Gasteiger partial charge in [-0.3, -0.25) is 14.4 Å². The van der Waals surface area contributed by atoms with Crippen LogP contribution in [0.5, 0.6) is 0 Å². The van der Waals surface area contributed by atoms with Gasteiger partial charge in [-0.15, -0.1) is 0 Å². The summed E-state index contributed by atoms with van der Waals surface area (Å²) in [6.45, 7) is 4.85. The number of carbonyl (C=O) groups excluding carboxylic acids is 3. The van der Waals surface area contributed by atoms with Gasteiger partial charge in [-0.2, -0.15) is 0 Å². The van der Waals surface area contributed by atoms with Crippen molar-refractivity contribution in [1.29, 1.82) is 0 Å². The molecule has 0 spiro atoms. The topological polar surface area (TPSA) is 69.7 Å². The fourth-order valence-electron chi connectivity index (χ4n) is 1.04. The minimum absolute atomic E-state index is 0.0452. The van der Waals surface area contributed by atoms with Gasteiger partial charge in [0.25, 0.3) is 0 Å². The molecule has 0 N–H and O–H groups in total. The molecule has 0 heterocycles. The number of rotatable bonds is 5. The van der Waals surface area contributed by atoms with Crippen molar-refractivity contribution in [3.63, 3.8) is 0 Å². The van der Waals surface area contributed by atoms with Crippen LogP contribution in [0.4, 0.5) is 0 Å². The standard InChI is InChI=1S/C10H16O5/c1-4-8(6-9(12)14-5-2)10(13)15-7(3)11/h8H,4-6H2,1-3H3. The SMILES string of the molecule is CCOC(=O)CC(CC)C(=O)OC(C)=O. The number of hydrogen-bond acceptors (Lipinski definition) is 5. The van der Waals surface area contributed by atoms with E-state index in [0.717, 1.165) is 6.92 Å². The maximum Gasteiger partial charge on any atom is 0.317 e. The van der Waals surface area contributed by atoms with Gasteiger partial charge in [0.2, 0.25) is 0 Å². The highest BCUT2D eigenvalue weighted by atomic mass is 16.6. The number of hydrogen-bond donors (Lipinski definition) is 0. The molecule has 0 aromatic carbocycles. The van der Waals surface area contributed by atoms with Crippen molar-refractivity contribution in [3.8, 4) is 0 Å². The third kappa shape index (κ3) is 5.83. The van der Waals surface area contributed by atoms with E-state index in [2.05, 4.69) is 4.74 Å². The number of ether oxygens (including phenoxy) is 2. The molecule has 0 radical (unpaired) electrons. The van der Waals surface area contributed by atoms with Gasteiger partial charge in [-0.25, -0.2) is 0 Å². The number of esters is 3. The van der Waals surface area contributed by atoms with Crippen LogP contribution in [-0.4, -0.2) is 24.5 Å². The smallest absolute Gasteiger partial charge is 0.317 e. The fraction of sp³-hybridized carbons (Fsp3) is 0.700. The minimum atomic E-state index is -0.668. The fourth-order valence-corrected chi connectivity index (χ4v) is 1.04. The molecule has 5 nitrogen and oxygen atoms in total. The summed E-state index contributed by atoms with van der Waals surface area (Å²) in [5.74, 6) is -2.39. The van der Waals surface area contributed by atoms with Crippen molar-refractivity contribution in [2.24, 2.45) is 5.92 Å². The Balaban J connectivity index is 4.17. The van der Waals surface area contributed by atoms with Gasteiger partial charge < -0.3 is 9.47 Å². The Morgan fingerprint density at radius 1 is 1.20 bits per heavy atom. The first-order valence-corrected chi connectivity index (χ1v) is 4.89. The Bertz CT molecular complexity index is 246. The Hall–Kier alpha value is -1.39. The molecule has 0 aliphatic carbocycles. The summed E-state index contributed by atoms with van der Waals surface area (Å²) in [6.07, 6.45) is 0.390. The van der Waals surface area contributed by atoms with Crippen molar-refractivity contribution in [1.82, 2.24) is 0 Å². The van der Waals surface area contributed by atoms with Crippen LogP contribution in [0.2, 0.25) is 0 Å². The molecule has 15 heavy (non-hydrogen) atoms. The second-order valence-corrected chi connectivity index (χ2v) is 3.03. The van der Waals surface area contributed by atoms with Crippen LogP contribution in [0.25, 0.3) is 0 Å². The zero-order chi connectivity index (χ0) is 11.8. The minimum Gasteiger partial charge on any atom is -0.466 e. The monoisotopic (exact) mass is 216 g/mol. The highest BCUT2D eigenvalue weighted by molar-refractivity contribution is 5.87. The molecule has 0 aliphatic heterocycles. The van der Waals surface area contributed by atoms with Crippen molar-refractivity contribution < 1.29 is 23.9 Å². The van der Waals surface area contributed by atoms with E-state index >= 15 is 0 Å². The molecule has 1 unspecified atom stereocenters. The van der Waals surface area contributed by atoms with Gasteiger partial charge >= 0.3 is 17.9 Å². The molecule has 0 aromatic rings. The van der Waals surface area contributed by atoms with Crippen LogP contribution in [0.1, 0.15) is 33.6 Å². The second kappa shape index (κ2) is 6.98. The van der Waals surface area contributed by atoms with Crippen molar-refractivity contribution in [2.75, 3.05) is 6.61 Å². The van der Waals surface area contributed by atoms with Crippen LogP contribution in [0, 0.1) is 5.92 Å². The van der Waals surface area contributed by atoms with Crippen molar-refractivity contribution in [3.05, 3.63) is 0 Å². The number of carbonyl (C=O) groups is 3. The molecule has 0 aliphatic rings. The van der Waals surface area contributed by atoms with Crippen LogP contribution in [0.15, 0.2) is 0 Å². The van der Waals surface area contributed by atoms with Crippen molar-refractivity contribution in [2.45, 2.75) is 33.6 Å². The predicted molar refractivity (Wildman–Crippen MR) is 51.8 cm³/mol. The average Bonchev–Trinajstić information content (AvgIpc) is 2.13. The van der Waals surface area contributed by atoms with Crippen LogP contribution < -0.4 is 0 Å². The molecule has 0 fully saturated rings. The Kier molecular flexibility index (Phi) is 6.33. The molecule has 86 valence electrons. The molecule has 0 rings (SSSR count). The molecular formula is C10H16O5. The highest BCUT2D eigenvalue weighted by Gasteiger charge is 2.23. The third-order valence-corrected chi connectivity index (χ3v) is 1.79. The summed E-state index contributed by atoms with van der Waals surface area (Å²) in [6, 6.07) is 0. The first kappa shape index (κ1) is 13.6. The summed E-state index contributed by atoms with van der Waals surface area (Å²) in [4.78, 5) is 32.9. The normalized spacial score (nSPS) is 11.7. The van der Waals surface area contributed by atoms with E-state index in [0.29, 0.717) is 6.42 Å². The molecule has 0 aromatic heterocycles. The Morgan fingerprint density at radius 3 is 2.20 bits per heavy atom. The maximum atomic E-state index is 11.3. The quantitative estimate of drug-likeness (QED) is 0.507. The maximum absolute atomic E-state index is 11.3. The molecule has 0 amide bonds. The summed E-state index contributed by atoms with van der Waals surface area (Å²) in [7, 11) is 0. The lowest BCUT2D eigenvalue weighted by Crippen LogP contribution is -2.23. The van der Waals surface area contributed by atoms with E-state index in [1.165, 1.54) is 0 Å². The van der Waals surface area contributed by atoms with E-state index in [9.17, 15) is 14.4 Å². The van der Waals surface area contributed by atoms with Crippen LogP contribution in [-0.2, 0) is 23.9 Å². The van der Waals surface area contributed by atoms with Gasteiger partial charge in [-0.05, 0) is 13.3 Å². The summed E-state index contributed by atoms with van der Waals surface area (Å²) < 4.78 is 9.09. The molecule has 1 atom stereocenters. The van der Waals surface area contributed by atoms with E-state index < -0.39 is 23.8 Å². The molecular weight excluding hydrogens is 200 g/mol. The third-order valence-electron chi connectivity index (χ3n) is 1.79. The predicted octanol–water partition coefficient (Wildman–Crippen LogP) is 1.06. The van der Waals surface area contributed by atoms with Gasteiger partial charge in [0.05, 0.1) is 18.9 Å². The van der Waals surface area contributed by atoms with Crippen LogP contribution in [0.3, 0.4) is 0 Å².